The molecule has 0 radical (unpaired) electrons. The standard InChI is InChI=1S/C27H57NO3Si/c1-5-9-10-11-12-13-14-15-16-17-18-19-20-21-22-23-25-28-26-24-27-32(29-6-2,30-7-3)31-8-4/h23,25,28H,5-22,24,26-27H2,1-4H3/b25-23+. The van der Waals surface area contributed by atoms with Crippen LogP contribution >= 0.6 is 0 Å². The van der Waals surface area contributed by atoms with Gasteiger partial charge in [-0.3, -0.25) is 0 Å². The second-order valence-electron chi connectivity index (χ2n) is 8.83. The topological polar surface area (TPSA) is 39.7 Å². The second-order valence-corrected chi connectivity index (χ2v) is 11.6. The summed E-state index contributed by atoms with van der Waals surface area (Å²) in [6.45, 7) is 11.2. The van der Waals surface area contributed by atoms with Gasteiger partial charge in [-0.25, -0.2) is 0 Å². The molecule has 32 heavy (non-hydrogen) atoms. The van der Waals surface area contributed by atoms with Crippen molar-refractivity contribution in [3.05, 3.63) is 12.3 Å². The van der Waals surface area contributed by atoms with Crippen LogP contribution in [0.15, 0.2) is 12.3 Å². The molecule has 4 nitrogen and oxygen atoms in total. The summed E-state index contributed by atoms with van der Waals surface area (Å²) in [4.78, 5) is 0. The predicted octanol–water partition coefficient (Wildman–Crippen LogP) is 8.40. The average molecular weight is 472 g/mol. The van der Waals surface area contributed by atoms with Gasteiger partial charge in [0.25, 0.3) is 0 Å². The van der Waals surface area contributed by atoms with Gasteiger partial charge in [0.1, 0.15) is 0 Å². The molecule has 0 aromatic rings. The fourth-order valence-corrected chi connectivity index (χ4v) is 6.73. The van der Waals surface area contributed by atoms with Crippen molar-refractivity contribution in [2.45, 2.75) is 136 Å². The first-order valence-corrected chi connectivity index (χ1v) is 16.0. The van der Waals surface area contributed by atoms with Crippen LogP contribution in [0.25, 0.3) is 0 Å². The highest BCUT2D eigenvalue weighted by Gasteiger charge is 2.39. The summed E-state index contributed by atoms with van der Waals surface area (Å²) in [5.41, 5.74) is 0. The van der Waals surface area contributed by atoms with Crippen molar-refractivity contribution in [2.24, 2.45) is 0 Å². The van der Waals surface area contributed by atoms with Crippen LogP contribution in [-0.2, 0) is 13.3 Å². The van der Waals surface area contributed by atoms with Crippen LogP contribution in [0.3, 0.4) is 0 Å². The molecule has 0 aromatic heterocycles. The van der Waals surface area contributed by atoms with Gasteiger partial charge in [0, 0.05) is 32.4 Å². The zero-order chi connectivity index (χ0) is 23.6. The van der Waals surface area contributed by atoms with Crippen molar-refractivity contribution < 1.29 is 13.3 Å². The number of nitrogens with one attached hydrogen (secondary N) is 1. The quantitative estimate of drug-likeness (QED) is 0.101. The van der Waals surface area contributed by atoms with Crippen molar-refractivity contribution in [3.63, 3.8) is 0 Å². The van der Waals surface area contributed by atoms with E-state index in [9.17, 15) is 0 Å². The first-order valence-electron chi connectivity index (χ1n) is 14.0. The summed E-state index contributed by atoms with van der Waals surface area (Å²) in [6, 6.07) is 0.877. The smallest absolute Gasteiger partial charge is 0.391 e. The molecule has 0 aliphatic rings. The molecule has 0 unspecified atom stereocenters. The van der Waals surface area contributed by atoms with Crippen molar-refractivity contribution in [1.29, 1.82) is 0 Å². The molecule has 0 aromatic carbocycles. The van der Waals surface area contributed by atoms with Crippen LogP contribution in [0.5, 0.6) is 0 Å². The van der Waals surface area contributed by atoms with Gasteiger partial charge in [0.2, 0.25) is 0 Å². The Hall–Kier alpha value is -0.363. The number of hydrogen-bond donors (Lipinski definition) is 1. The molecule has 0 fully saturated rings. The minimum Gasteiger partial charge on any atom is -0.391 e. The second kappa shape index (κ2) is 25.3. The zero-order valence-electron chi connectivity index (χ0n) is 22.2. The number of unbranched alkanes of at least 4 members (excludes halogenated alkanes) is 14. The average Bonchev–Trinajstić information content (AvgIpc) is 2.78. The Morgan fingerprint density at radius 2 is 1.00 bits per heavy atom. The molecular formula is C27H57NO3Si. The lowest BCUT2D eigenvalue weighted by atomic mass is 10.0. The Labute approximate surface area is 202 Å². The molecule has 1 N–H and O–H groups in total. The molecule has 0 spiro atoms. The first-order chi connectivity index (χ1) is 15.7. The Bertz CT molecular complexity index is 376. The van der Waals surface area contributed by atoms with Gasteiger partial charge in [-0.15, -0.1) is 0 Å². The summed E-state index contributed by atoms with van der Waals surface area (Å²) in [6.07, 6.45) is 26.5. The molecule has 0 atom stereocenters. The molecule has 192 valence electrons. The SMILES string of the molecule is CCCCCCCCCCCCCCCC/C=C/NCCC[Si](OCC)(OCC)OCC. The van der Waals surface area contributed by atoms with Gasteiger partial charge in [0.05, 0.1) is 0 Å². The van der Waals surface area contributed by atoms with Crippen LogP contribution in [0.2, 0.25) is 6.04 Å². The largest absolute Gasteiger partial charge is 0.500 e. The van der Waals surface area contributed by atoms with E-state index >= 15 is 0 Å². The third-order valence-corrected chi connectivity index (χ3v) is 9.01. The number of rotatable bonds is 26. The summed E-state index contributed by atoms with van der Waals surface area (Å²) >= 11 is 0. The number of allylic oxidation sites excluding steroid dienone is 1. The van der Waals surface area contributed by atoms with Crippen molar-refractivity contribution in [1.82, 2.24) is 5.32 Å². The van der Waals surface area contributed by atoms with Crippen molar-refractivity contribution in [3.8, 4) is 0 Å². The summed E-state index contributed by atoms with van der Waals surface area (Å²) in [5.74, 6) is 0. The van der Waals surface area contributed by atoms with E-state index in [-0.39, 0.29) is 0 Å². The molecular weight excluding hydrogens is 414 g/mol. The van der Waals surface area contributed by atoms with Crippen LogP contribution in [0.1, 0.15) is 130 Å². The molecule has 0 aliphatic carbocycles. The van der Waals surface area contributed by atoms with Gasteiger partial charge >= 0.3 is 8.80 Å². The lowest BCUT2D eigenvalue weighted by Crippen LogP contribution is -2.46. The lowest BCUT2D eigenvalue weighted by Gasteiger charge is -2.28. The normalized spacial score (nSPS) is 12.1. The van der Waals surface area contributed by atoms with E-state index in [4.69, 9.17) is 13.3 Å². The van der Waals surface area contributed by atoms with E-state index in [0.717, 1.165) is 19.0 Å². The highest BCUT2D eigenvalue weighted by atomic mass is 28.4. The molecule has 0 bridgehead atoms. The van der Waals surface area contributed by atoms with Gasteiger partial charge in [-0.1, -0.05) is 96.5 Å². The van der Waals surface area contributed by atoms with E-state index in [2.05, 4.69) is 24.5 Å². The van der Waals surface area contributed by atoms with Gasteiger partial charge in [-0.05, 0) is 46.2 Å². The molecule has 0 aliphatic heterocycles. The maximum absolute atomic E-state index is 5.90. The number of hydrogen-bond acceptors (Lipinski definition) is 4. The maximum Gasteiger partial charge on any atom is 0.500 e. The van der Waals surface area contributed by atoms with Gasteiger partial charge in [-0.2, -0.15) is 0 Å². The van der Waals surface area contributed by atoms with E-state index in [1.54, 1.807) is 0 Å². The maximum atomic E-state index is 5.90. The van der Waals surface area contributed by atoms with Crippen LogP contribution in [0, 0.1) is 0 Å². The molecule has 0 heterocycles. The third kappa shape index (κ3) is 20.3. The molecule has 0 saturated carbocycles. The summed E-state index contributed by atoms with van der Waals surface area (Å²) in [5, 5.41) is 3.41. The fourth-order valence-electron chi connectivity index (χ4n) is 4.11. The molecule has 0 saturated heterocycles. The lowest BCUT2D eigenvalue weighted by molar-refractivity contribution is 0.0709. The monoisotopic (exact) mass is 471 g/mol. The van der Waals surface area contributed by atoms with Crippen LogP contribution in [-0.4, -0.2) is 35.2 Å². The van der Waals surface area contributed by atoms with Crippen molar-refractivity contribution in [2.75, 3.05) is 26.4 Å². The fraction of sp³-hybridized carbons (Fsp3) is 0.926. The minimum absolute atomic E-state index is 0.652. The Morgan fingerprint density at radius 1 is 0.562 bits per heavy atom. The van der Waals surface area contributed by atoms with Gasteiger partial charge < -0.3 is 18.6 Å². The Morgan fingerprint density at radius 3 is 1.44 bits per heavy atom. The predicted molar refractivity (Wildman–Crippen MR) is 142 cm³/mol. The third-order valence-electron chi connectivity index (χ3n) is 5.86. The molecule has 0 rings (SSSR count). The zero-order valence-corrected chi connectivity index (χ0v) is 23.2. The summed E-state index contributed by atoms with van der Waals surface area (Å²) in [7, 11) is -2.47. The first kappa shape index (κ1) is 31.6. The Kier molecular flexibility index (Phi) is 25.0. The van der Waals surface area contributed by atoms with E-state index in [1.807, 2.05) is 20.8 Å². The van der Waals surface area contributed by atoms with E-state index in [0.29, 0.717) is 19.8 Å². The molecule has 0 amide bonds. The highest BCUT2D eigenvalue weighted by Crippen LogP contribution is 2.18. The molecule has 5 heteroatoms. The summed E-state index contributed by atoms with van der Waals surface area (Å²) < 4.78 is 17.7. The van der Waals surface area contributed by atoms with Crippen molar-refractivity contribution >= 4 is 8.80 Å². The van der Waals surface area contributed by atoms with Crippen LogP contribution < -0.4 is 5.32 Å². The van der Waals surface area contributed by atoms with E-state index in [1.165, 1.54) is 96.3 Å². The van der Waals surface area contributed by atoms with E-state index < -0.39 is 8.80 Å². The Balaban J connectivity index is 3.47. The van der Waals surface area contributed by atoms with Gasteiger partial charge in [0.15, 0.2) is 0 Å². The van der Waals surface area contributed by atoms with Crippen LogP contribution in [0.4, 0.5) is 0 Å². The minimum atomic E-state index is -2.47. The highest BCUT2D eigenvalue weighted by molar-refractivity contribution is 6.60.